The molecule has 76 valence electrons. The van der Waals surface area contributed by atoms with Crippen molar-refractivity contribution >= 4 is 11.6 Å². The van der Waals surface area contributed by atoms with E-state index in [1.54, 1.807) is 0 Å². The van der Waals surface area contributed by atoms with E-state index in [1.165, 1.54) is 6.07 Å². The lowest BCUT2D eigenvalue weighted by atomic mass is 10.0. The lowest BCUT2D eigenvalue weighted by Gasteiger charge is -2.10. The third kappa shape index (κ3) is 1.57. The average Bonchev–Trinajstić information content (AvgIpc) is 2.39. The Balaban J connectivity index is 2.57. The highest BCUT2D eigenvalue weighted by atomic mass is 35.5. The third-order valence-electron chi connectivity index (χ3n) is 2.52. The topological polar surface area (TPSA) is 32.3 Å². The van der Waals surface area contributed by atoms with Gasteiger partial charge < -0.3 is 10.4 Å². The molecule has 0 saturated heterocycles. The summed E-state index contributed by atoms with van der Waals surface area (Å²) in [6.07, 6.45) is 1.23. The number of phenolic OH excluding ortho intramolecular Hbond substituents is 1. The van der Waals surface area contributed by atoms with Crippen molar-refractivity contribution < 1.29 is 9.50 Å². The van der Waals surface area contributed by atoms with Crippen LogP contribution in [0.25, 0.3) is 0 Å². The van der Waals surface area contributed by atoms with Crippen LogP contribution in [0.5, 0.6) is 5.75 Å². The van der Waals surface area contributed by atoms with Crippen molar-refractivity contribution in [2.75, 3.05) is 13.1 Å². The fraction of sp³-hybridized carbons (Fsp3) is 0.400. The summed E-state index contributed by atoms with van der Waals surface area (Å²) in [5.41, 5.74) is 1.25. The van der Waals surface area contributed by atoms with Gasteiger partial charge >= 0.3 is 0 Å². The summed E-state index contributed by atoms with van der Waals surface area (Å²) in [7, 11) is 0. The summed E-state index contributed by atoms with van der Waals surface area (Å²) in [6.45, 7) is 1.49. The molecule has 1 aliphatic rings. The number of hydrogen-bond donors (Lipinski definition) is 2. The van der Waals surface area contributed by atoms with Gasteiger partial charge in [-0.2, -0.15) is 0 Å². The van der Waals surface area contributed by atoms with Crippen LogP contribution in [0.3, 0.4) is 0 Å². The van der Waals surface area contributed by atoms with Crippen LogP contribution in [0.2, 0.25) is 5.02 Å². The Kier molecular flexibility index (Phi) is 2.61. The molecule has 0 amide bonds. The Morgan fingerprint density at radius 3 is 2.64 bits per heavy atom. The molecule has 0 bridgehead atoms. The van der Waals surface area contributed by atoms with Crippen molar-refractivity contribution in [3.63, 3.8) is 0 Å². The van der Waals surface area contributed by atoms with E-state index < -0.39 is 0 Å². The first-order chi connectivity index (χ1) is 6.70. The van der Waals surface area contributed by atoms with Crippen LogP contribution in [0.4, 0.5) is 4.39 Å². The van der Waals surface area contributed by atoms with E-state index in [0.29, 0.717) is 24.0 Å². The SMILES string of the molecule is Oc1c(Cl)cc(F)c2c1CCNCC2. The Bertz CT molecular complexity index is 368. The van der Waals surface area contributed by atoms with E-state index in [-0.39, 0.29) is 16.6 Å². The summed E-state index contributed by atoms with van der Waals surface area (Å²) in [4.78, 5) is 0. The molecule has 0 aliphatic carbocycles. The molecule has 2 rings (SSSR count). The molecule has 0 spiro atoms. The van der Waals surface area contributed by atoms with E-state index >= 15 is 0 Å². The molecular weight excluding hydrogens is 205 g/mol. The maximum Gasteiger partial charge on any atom is 0.137 e. The standard InChI is InChI=1S/C10H11ClFNO/c11-8-5-9(12)6-1-3-13-4-2-7(6)10(8)14/h5,13-14H,1-4H2. The molecule has 1 heterocycles. The van der Waals surface area contributed by atoms with Gasteiger partial charge in [0.05, 0.1) is 5.02 Å². The minimum atomic E-state index is -0.313. The largest absolute Gasteiger partial charge is 0.506 e. The predicted molar refractivity (Wildman–Crippen MR) is 53.4 cm³/mol. The zero-order valence-corrected chi connectivity index (χ0v) is 8.36. The van der Waals surface area contributed by atoms with Gasteiger partial charge in [-0.05, 0) is 37.6 Å². The highest BCUT2D eigenvalue weighted by Crippen LogP contribution is 2.33. The minimum absolute atomic E-state index is 0.0340. The van der Waals surface area contributed by atoms with Crippen LogP contribution >= 0.6 is 11.6 Å². The monoisotopic (exact) mass is 215 g/mol. The van der Waals surface area contributed by atoms with Gasteiger partial charge in [-0.15, -0.1) is 0 Å². The molecule has 1 aliphatic heterocycles. The minimum Gasteiger partial charge on any atom is -0.506 e. The van der Waals surface area contributed by atoms with Crippen molar-refractivity contribution in [1.29, 1.82) is 0 Å². The molecule has 0 fully saturated rings. The Morgan fingerprint density at radius 2 is 1.93 bits per heavy atom. The molecule has 4 heteroatoms. The first-order valence-electron chi connectivity index (χ1n) is 4.59. The van der Waals surface area contributed by atoms with Crippen LogP contribution in [-0.4, -0.2) is 18.2 Å². The van der Waals surface area contributed by atoms with Gasteiger partial charge in [-0.1, -0.05) is 11.6 Å². The first-order valence-corrected chi connectivity index (χ1v) is 4.97. The first kappa shape index (κ1) is 9.74. The summed E-state index contributed by atoms with van der Waals surface area (Å²) >= 11 is 5.69. The molecule has 0 aromatic heterocycles. The summed E-state index contributed by atoms with van der Waals surface area (Å²) in [5, 5.41) is 12.9. The van der Waals surface area contributed by atoms with Crippen molar-refractivity contribution in [2.24, 2.45) is 0 Å². The second kappa shape index (κ2) is 3.75. The fourth-order valence-electron chi connectivity index (χ4n) is 1.79. The Labute approximate surface area is 86.7 Å². The van der Waals surface area contributed by atoms with Gasteiger partial charge in [-0.25, -0.2) is 4.39 Å². The second-order valence-corrected chi connectivity index (χ2v) is 3.80. The maximum atomic E-state index is 13.5. The zero-order valence-electron chi connectivity index (χ0n) is 7.61. The Morgan fingerprint density at radius 1 is 1.29 bits per heavy atom. The number of halogens is 2. The second-order valence-electron chi connectivity index (χ2n) is 3.40. The predicted octanol–water partition coefficient (Wildman–Crippen LogP) is 1.87. The molecule has 1 aromatic carbocycles. The smallest absolute Gasteiger partial charge is 0.137 e. The van der Waals surface area contributed by atoms with Gasteiger partial charge in [0.25, 0.3) is 0 Å². The van der Waals surface area contributed by atoms with Crippen LogP contribution in [0.15, 0.2) is 6.07 Å². The maximum absolute atomic E-state index is 13.5. The molecular formula is C10H11ClFNO. The van der Waals surface area contributed by atoms with Crippen LogP contribution < -0.4 is 5.32 Å². The van der Waals surface area contributed by atoms with Gasteiger partial charge in [0.15, 0.2) is 0 Å². The van der Waals surface area contributed by atoms with Gasteiger partial charge in [0, 0.05) is 5.56 Å². The van der Waals surface area contributed by atoms with Crippen LogP contribution in [0.1, 0.15) is 11.1 Å². The Hall–Kier alpha value is -0.800. The molecule has 1 aromatic rings. The third-order valence-corrected chi connectivity index (χ3v) is 2.81. The van der Waals surface area contributed by atoms with Crippen LogP contribution in [0, 0.1) is 5.82 Å². The normalized spacial score (nSPS) is 16.1. The molecule has 0 radical (unpaired) electrons. The number of aromatic hydroxyl groups is 1. The molecule has 2 nitrogen and oxygen atoms in total. The van der Waals surface area contributed by atoms with E-state index in [2.05, 4.69) is 5.32 Å². The van der Waals surface area contributed by atoms with Crippen molar-refractivity contribution in [3.8, 4) is 5.75 Å². The van der Waals surface area contributed by atoms with E-state index in [4.69, 9.17) is 11.6 Å². The number of benzene rings is 1. The number of hydrogen-bond acceptors (Lipinski definition) is 2. The molecule has 14 heavy (non-hydrogen) atoms. The number of phenols is 1. The van der Waals surface area contributed by atoms with E-state index in [1.807, 2.05) is 0 Å². The van der Waals surface area contributed by atoms with Crippen LogP contribution in [-0.2, 0) is 12.8 Å². The van der Waals surface area contributed by atoms with Gasteiger partial charge in [0.1, 0.15) is 11.6 Å². The zero-order chi connectivity index (χ0) is 10.1. The van der Waals surface area contributed by atoms with Gasteiger partial charge in [-0.3, -0.25) is 0 Å². The molecule has 2 N–H and O–H groups in total. The average molecular weight is 216 g/mol. The van der Waals surface area contributed by atoms with E-state index in [9.17, 15) is 9.50 Å². The summed E-state index contributed by atoms with van der Waals surface area (Å²) < 4.78 is 13.5. The summed E-state index contributed by atoms with van der Waals surface area (Å²) in [5.74, 6) is -0.279. The number of nitrogens with one attached hydrogen (secondary N) is 1. The van der Waals surface area contributed by atoms with E-state index in [0.717, 1.165) is 13.1 Å². The fourth-order valence-corrected chi connectivity index (χ4v) is 2.00. The number of rotatable bonds is 0. The van der Waals surface area contributed by atoms with Crippen molar-refractivity contribution in [1.82, 2.24) is 5.32 Å². The molecule has 0 saturated carbocycles. The highest BCUT2D eigenvalue weighted by molar-refractivity contribution is 6.32. The summed E-state index contributed by atoms with van der Waals surface area (Å²) in [6, 6.07) is 1.18. The quantitative estimate of drug-likeness (QED) is 0.693. The molecule has 0 atom stereocenters. The molecule has 0 unspecified atom stereocenters. The van der Waals surface area contributed by atoms with Gasteiger partial charge in [0.2, 0.25) is 0 Å². The lowest BCUT2D eigenvalue weighted by molar-refractivity contribution is 0.464. The lowest BCUT2D eigenvalue weighted by Crippen LogP contribution is -2.16. The van der Waals surface area contributed by atoms with Crippen molar-refractivity contribution in [3.05, 3.63) is 28.0 Å². The van der Waals surface area contributed by atoms with Crippen molar-refractivity contribution in [2.45, 2.75) is 12.8 Å². The number of fused-ring (bicyclic) bond motifs is 1. The highest BCUT2D eigenvalue weighted by Gasteiger charge is 2.18.